The summed E-state index contributed by atoms with van der Waals surface area (Å²) in [5, 5.41) is 14.1. The molecule has 2 aromatic rings. The van der Waals surface area contributed by atoms with Gasteiger partial charge in [-0.2, -0.15) is 5.10 Å². The van der Waals surface area contributed by atoms with Gasteiger partial charge in [0, 0.05) is 18.5 Å². The number of aromatic nitrogens is 3. The summed E-state index contributed by atoms with van der Waals surface area (Å²) >= 11 is 1.46. The number of H-pyrrole nitrogens is 1. The van der Waals surface area contributed by atoms with Gasteiger partial charge >= 0.3 is 0 Å². The molecule has 7 nitrogen and oxygen atoms in total. The fourth-order valence-electron chi connectivity index (χ4n) is 1.24. The summed E-state index contributed by atoms with van der Waals surface area (Å²) in [6.45, 7) is 0.317. The van der Waals surface area contributed by atoms with Crippen molar-refractivity contribution in [2.75, 3.05) is 12.4 Å². The van der Waals surface area contributed by atoms with Crippen LogP contribution in [0.1, 0.15) is 16.2 Å². The van der Waals surface area contributed by atoms with E-state index in [1.54, 1.807) is 7.05 Å². The first-order chi connectivity index (χ1) is 8.69. The van der Waals surface area contributed by atoms with Gasteiger partial charge in [0.05, 0.1) is 12.2 Å². The summed E-state index contributed by atoms with van der Waals surface area (Å²) in [7, 11) is 1.78. The highest BCUT2D eigenvalue weighted by Crippen LogP contribution is 2.13. The first kappa shape index (κ1) is 12.2. The molecule has 0 aliphatic carbocycles. The molecular weight excluding hydrogens is 254 g/mol. The topological polar surface area (TPSA) is 99.8 Å². The average Bonchev–Trinajstić information content (AvgIpc) is 2.85. The van der Waals surface area contributed by atoms with Gasteiger partial charge < -0.3 is 10.6 Å². The number of amides is 1. The van der Waals surface area contributed by atoms with Crippen molar-refractivity contribution < 1.29 is 4.79 Å². The van der Waals surface area contributed by atoms with Gasteiger partial charge in [0.25, 0.3) is 11.5 Å². The van der Waals surface area contributed by atoms with E-state index in [-0.39, 0.29) is 17.2 Å². The second-order valence-corrected chi connectivity index (χ2v) is 4.24. The Morgan fingerprint density at radius 1 is 1.50 bits per heavy atom. The molecule has 0 aliphatic heterocycles. The molecule has 18 heavy (non-hydrogen) atoms. The molecule has 0 fully saturated rings. The smallest absolute Gasteiger partial charge is 0.272 e. The van der Waals surface area contributed by atoms with Crippen LogP contribution >= 0.6 is 11.3 Å². The van der Waals surface area contributed by atoms with E-state index in [1.807, 2.05) is 5.38 Å². The Balaban J connectivity index is 1.95. The van der Waals surface area contributed by atoms with Crippen LogP contribution < -0.4 is 16.2 Å². The lowest BCUT2D eigenvalue weighted by Gasteiger charge is -2.01. The van der Waals surface area contributed by atoms with Crippen molar-refractivity contribution in [1.82, 2.24) is 20.5 Å². The van der Waals surface area contributed by atoms with Crippen molar-refractivity contribution in [2.24, 2.45) is 0 Å². The number of carbonyl (C=O) groups excluding carboxylic acids is 1. The summed E-state index contributed by atoms with van der Waals surface area (Å²) in [5.41, 5.74) is 0.588. The van der Waals surface area contributed by atoms with Crippen molar-refractivity contribution in [1.29, 1.82) is 0 Å². The van der Waals surface area contributed by atoms with Crippen molar-refractivity contribution in [3.05, 3.63) is 39.3 Å². The molecule has 94 valence electrons. The maximum atomic E-state index is 11.7. The lowest BCUT2D eigenvalue weighted by atomic mass is 10.3. The fourth-order valence-corrected chi connectivity index (χ4v) is 1.91. The van der Waals surface area contributed by atoms with E-state index in [1.165, 1.54) is 23.5 Å². The predicted molar refractivity (Wildman–Crippen MR) is 67.7 cm³/mol. The molecule has 0 bridgehead atoms. The van der Waals surface area contributed by atoms with Gasteiger partial charge in [-0.25, -0.2) is 10.1 Å². The lowest BCUT2D eigenvalue weighted by Crippen LogP contribution is -2.25. The number of thiazole rings is 1. The van der Waals surface area contributed by atoms with Crippen LogP contribution in [0.25, 0.3) is 0 Å². The number of carbonyl (C=O) groups is 1. The molecule has 8 heteroatoms. The molecule has 0 saturated carbocycles. The van der Waals surface area contributed by atoms with Gasteiger partial charge in [0.1, 0.15) is 5.69 Å². The van der Waals surface area contributed by atoms with Gasteiger partial charge in [0.15, 0.2) is 5.13 Å². The molecule has 0 aliphatic rings. The third-order valence-corrected chi connectivity index (χ3v) is 3.02. The third-order valence-electron chi connectivity index (χ3n) is 2.11. The number of hydrogen-bond donors (Lipinski definition) is 3. The number of anilines is 1. The molecule has 3 N–H and O–H groups in total. The van der Waals surface area contributed by atoms with Gasteiger partial charge in [-0.05, 0) is 6.07 Å². The van der Waals surface area contributed by atoms with Crippen LogP contribution in [0, 0.1) is 0 Å². The largest absolute Gasteiger partial charge is 0.365 e. The maximum absolute atomic E-state index is 11.7. The zero-order chi connectivity index (χ0) is 13.0. The standard InChI is InChI=1S/C10H11N5O2S/c1-11-10-13-6(5-18-10)4-12-9(17)7-2-3-8(16)15-14-7/h2-3,5H,4H2,1H3,(H,11,13)(H,12,17)(H,15,16). The quantitative estimate of drug-likeness (QED) is 0.733. The monoisotopic (exact) mass is 265 g/mol. The second-order valence-electron chi connectivity index (χ2n) is 3.38. The third kappa shape index (κ3) is 2.92. The first-order valence-electron chi connectivity index (χ1n) is 5.15. The summed E-state index contributed by atoms with van der Waals surface area (Å²) in [5.74, 6) is -0.356. The minimum absolute atomic E-state index is 0.165. The van der Waals surface area contributed by atoms with Crippen LogP contribution in [0.4, 0.5) is 5.13 Å². The molecule has 0 spiro atoms. The van der Waals surface area contributed by atoms with Crippen LogP contribution in [-0.2, 0) is 6.54 Å². The first-order valence-corrected chi connectivity index (χ1v) is 6.03. The molecule has 0 saturated heterocycles. The highest BCUT2D eigenvalue weighted by molar-refractivity contribution is 7.13. The molecule has 0 unspecified atom stereocenters. The van der Waals surface area contributed by atoms with E-state index >= 15 is 0 Å². The highest BCUT2D eigenvalue weighted by atomic mass is 32.1. The van der Waals surface area contributed by atoms with Crippen LogP contribution in [0.5, 0.6) is 0 Å². The Morgan fingerprint density at radius 3 is 2.94 bits per heavy atom. The number of nitrogens with zero attached hydrogens (tertiary/aromatic N) is 2. The Kier molecular flexibility index (Phi) is 3.68. The van der Waals surface area contributed by atoms with E-state index in [4.69, 9.17) is 0 Å². The van der Waals surface area contributed by atoms with E-state index in [0.29, 0.717) is 6.54 Å². The molecule has 0 aromatic carbocycles. The molecule has 1 amide bonds. The molecule has 2 rings (SSSR count). The van der Waals surface area contributed by atoms with Crippen molar-refractivity contribution in [3.63, 3.8) is 0 Å². The predicted octanol–water partition coefficient (Wildman–Crippen LogP) is 0.198. The minimum Gasteiger partial charge on any atom is -0.365 e. The van der Waals surface area contributed by atoms with Crippen molar-refractivity contribution in [2.45, 2.75) is 6.54 Å². The van der Waals surface area contributed by atoms with Crippen LogP contribution in [0.15, 0.2) is 22.3 Å². The van der Waals surface area contributed by atoms with Crippen molar-refractivity contribution in [3.8, 4) is 0 Å². The Labute approximate surface area is 106 Å². The molecule has 0 atom stereocenters. The van der Waals surface area contributed by atoms with Crippen LogP contribution in [0.2, 0.25) is 0 Å². The van der Waals surface area contributed by atoms with Gasteiger partial charge in [-0.15, -0.1) is 11.3 Å². The average molecular weight is 265 g/mol. The number of hydrogen-bond acceptors (Lipinski definition) is 6. The van der Waals surface area contributed by atoms with Gasteiger partial charge in [-0.3, -0.25) is 9.59 Å². The molecular formula is C10H11N5O2S. The van der Waals surface area contributed by atoms with E-state index < -0.39 is 0 Å². The zero-order valence-electron chi connectivity index (χ0n) is 9.56. The summed E-state index contributed by atoms with van der Waals surface area (Å²) in [4.78, 5) is 26.7. The summed E-state index contributed by atoms with van der Waals surface area (Å²) in [6, 6.07) is 2.62. The maximum Gasteiger partial charge on any atom is 0.272 e. The fraction of sp³-hybridized carbons (Fsp3) is 0.200. The number of aromatic amines is 1. The van der Waals surface area contributed by atoms with Gasteiger partial charge in [-0.1, -0.05) is 0 Å². The van der Waals surface area contributed by atoms with Gasteiger partial charge in [0.2, 0.25) is 0 Å². The zero-order valence-corrected chi connectivity index (χ0v) is 10.4. The Hall–Kier alpha value is -2.22. The minimum atomic E-state index is -0.356. The Bertz CT molecular complexity index is 586. The van der Waals surface area contributed by atoms with E-state index in [9.17, 15) is 9.59 Å². The normalized spacial score (nSPS) is 10.1. The van der Waals surface area contributed by atoms with Crippen LogP contribution in [0.3, 0.4) is 0 Å². The van der Waals surface area contributed by atoms with Crippen LogP contribution in [-0.4, -0.2) is 28.1 Å². The highest BCUT2D eigenvalue weighted by Gasteiger charge is 2.08. The van der Waals surface area contributed by atoms with E-state index in [2.05, 4.69) is 25.8 Å². The summed E-state index contributed by atoms with van der Waals surface area (Å²) in [6.07, 6.45) is 0. The summed E-state index contributed by atoms with van der Waals surface area (Å²) < 4.78 is 0. The van der Waals surface area contributed by atoms with E-state index in [0.717, 1.165) is 10.8 Å². The molecule has 2 aromatic heterocycles. The van der Waals surface area contributed by atoms with Crippen molar-refractivity contribution >= 4 is 22.4 Å². The lowest BCUT2D eigenvalue weighted by molar-refractivity contribution is 0.0944. The number of rotatable bonds is 4. The molecule has 2 heterocycles. The second kappa shape index (κ2) is 5.41. The number of nitrogens with one attached hydrogen (secondary N) is 3. The molecule has 0 radical (unpaired) electrons. The SMILES string of the molecule is CNc1nc(CNC(=O)c2ccc(=O)[nH]n2)cs1. The Morgan fingerprint density at radius 2 is 2.33 bits per heavy atom.